The van der Waals surface area contributed by atoms with Gasteiger partial charge in [0.15, 0.2) is 0 Å². The fraction of sp³-hybridized carbons (Fsp3) is 0.619. The molecule has 2 amide bonds. The van der Waals surface area contributed by atoms with Gasteiger partial charge >= 0.3 is 0 Å². The summed E-state index contributed by atoms with van der Waals surface area (Å²) in [4.78, 5) is 31.6. The molecule has 3 rings (SSSR count). The molecule has 0 atom stereocenters. The molecule has 0 bridgehead atoms. The maximum absolute atomic E-state index is 12.7. The molecule has 1 saturated heterocycles. The molecule has 1 aliphatic carbocycles. The van der Waals surface area contributed by atoms with E-state index in [1.165, 1.54) is 0 Å². The van der Waals surface area contributed by atoms with Crippen LogP contribution in [0.15, 0.2) is 30.3 Å². The van der Waals surface area contributed by atoms with E-state index in [1.807, 2.05) is 35.0 Å². The molecule has 1 aromatic carbocycles. The van der Waals surface area contributed by atoms with Crippen LogP contribution in [0.25, 0.3) is 0 Å². The van der Waals surface area contributed by atoms with Crippen molar-refractivity contribution in [3.05, 3.63) is 35.9 Å². The molecule has 5 heteroatoms. The first-order valence-electron chi connectivity index (χ1n) is 9.81. The Labute approximate surface area is 156 Å². The second-order valence-electron chi connectivity index (χ2n) is 7.86. The monoisotopic (exact) mass is 357 g/mol. The average molecular weight is 357 g/mol. The number of nitrogens with zero attached hydrogens (tertiary/aromatic N) is 3. The van der Waals surface area contributed by atoms with Crippen LogP contribution in [0.2, 0.25) is 0 Å². The van der Waals surface area contributed by atoms with Gasteiger partial charge in [0.25, 0.3) is 0 Å². The first kappa shape index (κ1) is 18.9. The average Bonchev–Trinajstić information content (AvgIpc) is 2.68. The molecule has 2 aliphatic rings. The topological polar surface area (TPSA) is 43.9 Å². The lowest BCUT2D eigenvalue weighted by Crippen LogP contribution is -2.49. The highest BCUT2D eigenvalue weighted by atomic mass is 16.2. The van der Waals surface area contributed by atoms with Gasteiger partial charge in [-0.25, -0.2) is 0 Å². The highest BCUT2D eigenvalue weighted by Gasteiger charge is 2.33. The van der Waals surface area contributed by atoms with E-state index in [-0.39, 0.29) is 17.7 Å². The lowest BCUT2D eigenvalue weighted by atomic mass is 9.80. The smallest absolute Gasteiger partial charge is 0.225 e. The number of hydrogen-bond acceptors (Lipinski definition) is 3. The van der Waals surface area contributed by atoms with E-state index < -0.39 is 0 Å². The summed E-state index contributed by atoms with van der Waals surface area (Å²) in [5.74, 6) is 0.711. The van der Waals surface area contributed by atoms with Crippen LogP contribution in [0, 0.1) is 11.8 Å². The van der Waals surface area contributed by atoms with E-state index in [9.17, 15) is 9.59 Å². The summed E-state index contributed by atoms with van der Waals surface area (Å²) in [6, 6.07) is 10.1. The minimum Gasteiger partial charge on any atom is -0.341 e. The van der Waals surface area contributed by atoms with Crippen LogP contribution >= 0.6 is 0 Å². The van der Waals surface area contributed by atoms with E-state index in [1.54, 1.807) is 0 Å². The summed E-state index contributed by atoms with van der Waals surface area (Å²) in [5, 5.41) is 0. The molecule has 1 aliphatic heterocycles. The Morgan fingerprint density at radius 3 is 2.15 bits per heavy atom. The molecule has 0 radical (unpaired) electrons. The molecular formula is C21H31N3O2. The Morgan fingerprint density at radius 1 is 0.962 bits per heavy atom. The van der Waals surface area contributed by atoms with Gasteiger partial charge in [0.1, 0.15) is 0 Å². The maximum Gasteiger partial charge on any atom is 0.225 e. The van der Waals surface area contributed by atoms with Gasteiger partial charge in [0.2, 0.25) is 11.8 Å². The number of carbonyl (C=O) groups is 2. The Balaban J connectivity index is 1.47. The molecule has 0 N–H and O–H groups in total. The zero-order valence-electron chi connectivity index (χ0n) is 16.1. The van der Waals surface area contributed by atoms with E-state index >= 15 is 0 Å². The lowest BCUT2D eigenvalue weighted by Gasteiger charge is -2.36. The highest BCUT2D eigenvalue weighted by molar-refractivity contribution is 5.81. The summed E-state index contributed by atoms with van der Waals surface area (Å²) in [6.45, 7) is 4.26. The van der Waals surface area contributed by atoms with Crippen LogP contribution in [-0.4, -0.2) is 66.8 Å². The predicted octanol–water partition coefficient (Wildman–Crippen LogP) is 2.23. The van der Waals surface area contributed by atoms with Gasteiger partial charge in [-0.1, -0.05) is 30.3 Å². The van der Waals surface area contributed by atoms with Gasteiger partial charge in [0.05, 0.1) is 0 Å². The van der Waals surface area contributed by atoms with Crippen molar-refractivity contribution in [1.82, 2.24) is 14.7 Å². The number of amides is 2. The molecule has 142 valence electrons. The Hall–Kier alpha value is -1.88. The van der Waals surface area contributed by atoms with Crippen molar-refractivity contribution in [2.75, 3.05) is 40.3 Å². The third kappa shape index (κ3) is 4.64. The number of piperazine rings is 1. The van der Waals surface area contributed by atoms with Crippen LogP contribution in [0.1, 0.15) is 31.2 Å². The Bertz CT molecular complexity index is 603. The molecule has 2 fully saturated rings. The summed E-state index contributed by atoms with van der Waals surface area (Å²) in [6.07, 6.45) is 3.37. The number of benzene rings is 1. The summed E-state index contributed by atoms with van der Waals surface area (Å²) >= 11 is 0. The highest BCUT2D eigenvalue weighted by Crippen LogP contribution is 2.31. The predicted molar refractivity (Wildman–Crippen MR) is 102 cm³/mol. The quantitative estimate of drug-likeness (QED) is 0.830. The zero-order valence-corrected chi connectivity index (χ0v) is 16.1. The molecule has 0 aromatic heterocycles. The van der Waals surface area contributed by atoms with E-state index in [0.717, 1.165) is 57.4 Å². The van der Waals surface area contributed by atoms with Gasteiger partial charge in [0, 0.05) is 51.6 Å². The molecule has 0 spiro atoms. The fourth-order valence-corrected chi connectivity index (χ4v) is 4.12. The summed E-state index contributed by atoms with van der Waals surface area (Å²) in [5.41, 5.74) is 1.15. The van der Waals surface area contributed by atoms with E-state index in [0.29, 0.717) is 12.5 Å². The minimum atomic E-state index is 0.0697. The molecule has 1 heterocycles. The van der Waals surface area contributed by atoms with Crippen molar-refractivity contribution < 1.29 is 9.59 Å². The van der Waals surface area contributed by atoms with E-state index in [4.69, 9.17) is 0 Å². The van der Waals surface area contributed by atoms with Crippen molar-refractivity contribution in [3.8, 4) is 0 Å². The van der Waals surface area contributed by atoms with Crippen LogP contribution in [-0.2, 0) is 16.1 Å². The Morgan fingerprint density at radius 2 is 1.54 bits per heavy atom. The van der Waals surface area contributed by atoms with Crippen molar-refractivity contribution in [1.29, 1.82) is 0 Å². The van der Waals surface area contributed by atoms with Crippen LogP contribution in [0.5, 0.6) is 0 Å². The van der Waals surface area contributed by atoms with Crippen molar-refractivity contribution in [2.45, 2.75) is 32.2 Å². The first-order chi connectivity index (χ1) is 12.5. The SMILES string of the molecule is CN1CCN(C(=O)C2CCC(C(=O)N(C)Cc3ccccc3)CC2)CC1. The van der Waals surface area contributed by atoms with Gasteiger partial charge in [-0.15, -0.1) is 0 Å². The second kappa shape index (κ2) is 8.67. The minimum absolute atomic E-state index is 0.0697. The van der Waals surface area contributed by atoms with Crippen LogP contribution < -0.4 is 0 Å². The van der Waals surface area contributed by atoms with Crippen molar-refractivity contribution >= 4 is 11.8 Å². The lowest BCUT2D eigenvalue weighted by molar-refractivity contribution is -0.142. The first-order valence-corrected chi connectivity index (χ1v) is 9.81. The van der Waals surface area contributed by atoms with Gasteiger partial charge < -0.3 is 14.7 Å². The Kier molecular flexibility index (Phi) is 6.30. The van der Waals surface area contributed by atoms with Crippen LogP contribution in [0.4, 0.5) is 0 Å². The fourth-order valence-electron chi connectivity index (χ4n) is 4.12. The molecule has 1 aromatic rings. The molecule has 0 unspecified atom stereocenters. The number of likely N-dealkylation sites (N-methyl/N-ethyl adjacent to an activating group) is 1. The van der Waals surface area contributed by atoms with Crippen molar-refractivity contribution in [2.24, 2.45) is 11.8 Å². The molecule has 1 saturated carbocycles. The number of carbonyl (C=O) groups excluding carboxylic acids is 2. The third-order valence-electron chi connectivity index (χ3n) is 5.88. The normalized spacial score (nSPS) is 24.3. The standard InChI is InChI=1S/C21H31N3O2/c1-22-12-14-24(15-13-22)21(26)19-10-8-18(9-11-19)20(25)23(2)16-17-6-4-3-5-7-17/h3-7,18-19H,8-16H2,1-2H3. The van der Waals surface area contributed by atoms with Gasteiger partial charge in [-0.3, -0.25) is 9.59 Å². The summed E-state index contributed by atoms with van der Waals surface area (Å²) in [7, 11) is 3.99. The van der Waals surface area contributed by atoms with Gasteiger partial charge in [-0.05, 0) is 38.3 Å². The maximum atomic E-state index is 12.7. The molecule has 5 nitrogen and oxygen atoms in total. The largest absolute Gasteiger partial charge is 0.341 e. The number of hydrogen-bond donors (Lipinski definition) is 0. The van der Waals surface area contributed by atoms with Gasteiger partial charge in [-0.2, -0.15) is 0 Å². The molecule has 26 heavy (non-hydrogen) atoms. The van der Waals surface area contributed by atoms with E-state index in [2.05, 4.69) is 24.1 Å². The third-order valence-corrected chi connectivity index (χ3v) is 5.88. The van der Waals surface area contributed by atoms with Crippen LogP contribution in [0.3, 0.4) is 0 Å². The second-order valence-corrected chi connectivity index (χ2v) is 7.86. The zero-order chi connectivity index (χ0) is 18.5. The molecular weight excluding hydrogens is 326 g/mol. The van der Waals surface area contributed by atoms with Crippen molar-refractivity contribution in [3.63, 3.8) is 0 Å². The summed E-state index contributed by atoms with van der Waals surface area (Å²) < 4.78 is 0. The number of rotatable bonds is 4.